The quantitative estimate of drug-likeness (QED) is 0.769. The summed E-state index contributed by atoms with van der Waals surface area (Å²) in [6.07, 6.45) is 0.942. The lowest BCUT2D eigenvalue weighted by atomic mass is 9.88. The van der Waals surface area contributed by atoms with Crippen molar-refractivity contribution in [2.24, 2.45) is 0 Å². The standard InChI is InChI=1S/C25H29F2N3/c1-16(2)20-9-19-6-7-30(14-23(19)21(10-20)11-28)13-17(3)18-4-5-24-22(8-18)12-29-15-25(24,26)27/h4-5,8-10,16-17,29H,6-7,12-15H2,1-3H3. The Kier molecular flexibility index (Phi) is 5.65. The second-order valence-electron chi connectivity index (χ2n) is 9.08. The van der Waals surface area contributed by atoms with Crippen LogP contribution >= 0.6 is 0 Å². The molecule has 2 aromatic rings. The molecule has 1 N–H and O–H groups in total. The van der Waals surface area contributed by atoms with Crippen LogP contribution in [-0.4, -0.2) is 24.5 Å². The van der Waals surface area contributed by atoms with E-state index in [2.05, 4.69) is 43.1 Å². The highest BCUT2D eigenvalue weighted by molar-refractivity contribution is 5.48. The van der Waals surface area contributed by atoms with Crippen molar-refractivity contribution in [3.63, 3.8) is 0 Å². The zero-order valence-electron chi connectivity index (χ0n) is 17.9. The molecule has 2 aromatic carbocycles. The van der Waals surface area contributed by atoms with Gasteiger partial charge < -0.3 is 5.32 Å². The van der Waals surface area contributed by atoms with Crippen LogP contribution in [0.5, 0.6) is 0 Å². The zero-order valence-corrected chi connectivity index (χ0v) is 17.9. The summed E-state index contributed by atoms with van der Waals surface area (Å²) in [5, 5.41) is 12.5. The Morgan fingerprint density at radius 1 is 1.13 bits per heavy atom. The van der Waals surface area contributed by atoms with Crippen LogP contribution in [-0.2, 0) is 25.4 Å². The molecule has 0 radical (unpaired) electrons. The van der Waals surface area contributed by atoms with Crippen LogP contribution in [0.3, 0.4) is 0 Å². The number of rotatable bonds is 4. The average Bonchev–Trinajstić information content (AvgIpc) is 2.72. The van der Waals surface area contributed by atoms with E-state index in [1.165, 1.54) is 11.1 Å². The van der Waals surface area contributed by atoms with Gasteiger partial charge in [-0.05, 0) is 52.1 Å². The third kappa shape index (κ3) is 3.99. The van der Waals surface area contributed by atoms with Gasteiger partial charge in [0, 0.05) is 31.7 Å². The summed E-state index contributed by atoms with van der Waals surface area (Å²) in [5.74, 6) is -2.16. The number of nitriles is 1. The molecule has 2 aliphatic heterocycles. The first-order chi connectivity index (χ1) is 14.3. The SMILES string of the molecule is CC(C)c1cc(C#N)c2c(c1)CCN(CC(C)c1ccc3c(c1)CNCC3(F)F)C2. The Balaban J connectivity index is 1.51. The largest absolute Gasteiger partial charge is 0.307 e. The zero-order chi connectivity index (χ0) is 21.5. The first kappa shape index (κ1) is 21.0. The van der Waals surface area contributed by atoms with Gasteiger partial charge in [0.25, 0.3) is 5.92 Å². The summed E-state index contributed by atoms with van der Waals surface area (Å²) < 4.78 is 28.2. The van der Waals surface area contributed by atoms with E-state index in [4.69, 9.17) is 0 Å². The van der Waals surface area contributed by atoms with Crippen molar-refractivity contribution >= 4 is 0 Å². The van der Waals surface area contributed by atoms with Crippen LogP contribution < -0.4 is 5.32 Å². The minimum atomic E-state index is -2.80. The van der Waals surface area contributed by atoms with E-state index in [1.807, 2.05) is 18.2 Å². The highest BCUT2D eigenvalue weighted by Crippen LogP contribution is 2.35. The second kappa shape index (κ2) is 8.09. The molecule has 158 valence electrons. The van der Waals surface area contributed by atoms with E-state index in [0.717, 1.165) is 42.7 Å². The maximum absolute atomic E-state index is 14.1. The summed E-state index contributed by atoms with van der Waals surface area (Å²) in [4.78, 5) is 2.38. The van der Waals surface area contributed by atoms with E-state index in [1.54, 1.807) is 6.07 Å². The lowest BCUT2D eigenvalue weighted by Gasteiger charge is -2.32. The van der Waals surface area contributed by atoms with Gasteiger partial charge in [0.1, 0.15) is 0 Å². The van der Waals surface area contributed by atoms with Crippen molar-refractivity contribution in [3.05, 3.63) is 69.3 Å². The van der Waals surface area contributed by atoms with Crippen LogP contribution in [0.15, 0.2) is 30.3 Å². The van der Waals surface area contributed by atoms with Crippen LogP contribution in [0, 0.1) is 11.3 Å². The van der Waals surface area contributed by atoms with E-state index < -0.39 is 5.92 Å². The molecule has 2 aliphatic rings. The molecule has 1 atom stereocenters. The number of fused-ring (bicyclic) bond motifs is 2. The molecular weight excluding hydrogens is 380 g/mol. The van der Waals surface area contributed by atoms with Gasteiger partial charge in [-0.3, -0.25) is 4.90 Å². The summed E-state index contributed by atoms with van der Waals surface area (Å²) in [5.41, 5.74) is 6.41. The van der Waals surface area contributed by atoms with Gasteiger partial charge in [0.05, 0.1) is 18.2 Å². The second-order valence-corrected chi connectivity index (χ2v) is 9.08. The molecule has 0 aromatic heterocycles. The van der Waals surface area contributed by atoms with Crippen molar-refractivity contribution in [1.82, 2.24) is 10.2 Å². The van der Waals surface area contributed by atoms with Gasteiger partial charge in [0.2, 0.25) is 0 Å². The van der Waals surface area contributed by atoms with Crippen LogP contribution in [0.1, 0.15) is 71.6 Å². The number of benzene rings is 2. The lowest BCUT2D eigenvalue weighted by molar-refractivity contribution is -0.0108. The molecule has 4 rings (SSSR count). The highest BCUT2D eigenvalue weighted by Gasteiger charge is 2.36. The summed E-state index contributed by atoms with van der Waals surface area (Å²) in [6, 6.07) is 12.1. The average molecular weight is 410 g/mol. The summed E-state index contributed by atoms with van der Waals surface area (Å²) in [6.45, 7) is 9.23. The molecule has 5 heteroatoms. The van der Waals surface area contributed by atoms with Gasteiger partial charge in [0.15, 0.2) is 0 Å². The predicted molar refractivity (Wildman–Crippen MR) is 115 cm³/mol. The Labute approximate surface area is 177 Å². The number of nitrogens with zero attached hydrogens (tertiary/aromatic N) is 2. The van der Waals surface area contributed by atoms with Crippen LogP contribution in [0.25, 0.3) is 0 Å². The molecule has 0 bridgehead atoms. The Morgan fingerprint density at radius 3 is 2.63 bits per heavy atom. The molecule has 3 nitrogen and oxygen atoms in total. The molecular formula is C25H29F2N3. The minimum Gasteiger partial charge on any atom is -0.307 e. The number of hydrogen-bond donors (Lipinski definition) is 1. The predicted octanol–water partition coefficient (Wildman–Crippen LogP) is 5.04. The first-order valence-corrected chi connectivity index (χ1v) is 10.8. The molecule has 0 fully saturated rings. The topological polar surface area (TPSA) is 39.1 Å². The van der Waals surface area contributed by atoms with Crippen molar-refractivity contribution in [2.75, 3.05) is 19.6 Å². The van der Waals surface area contributed by atoms with Crippen molar-refractivity contribution in [1.29, 1.82) is 5.26 Å². The normalized spacial score (nSPS) is 19.1. The van der Waals surface area contributed by atoms with Crippen molar-refractivity contribution < 1.29 is 8.78 Å². The van der Waals surface area contributed by atoms with Crippen molar-refractivity contribution in [3.8, 4) is 6.07 Å². The van der Waals surface area contributed by atoms with Gasteiger partial charge >= 0.3 is 0 Å². The van der Waals surface area contributed by atoms with E-state index >= 15 is 0 Å². The van der Waals surface area contributed by atoms with Crippen molar-refractivity contribution in [2.45, 2.75) is 58.0 Å². The van der Waals surface area contributed by atoms with Gasteiger partial charge in [-0.15, -0.1) is 0 Å². The van der Waals surface area contributed by atoms with E-state index in [9.17, 15) is 14.0 Å². The van der Waals surface area contributed by atoms with Crippen LogP contribution in [0.4, 0.5) is 8.78 Å². The van der Waals surface area contributed by atoms with Gasteiger partial charge in [-0.25, -0.2) is 0 Å². The third-order valence-electron chi connectivity index (χ3n) is 6.52. The molecule has 0 saturated heterocycles. The van der Waals surface area contributed by atoms with E-state index in [0.29, 0.717) is 18.0 Å². The van der Waals surface area contributed by atoms with Crippen LogP contribution in [0.2, 0.25) is 0 Å². The Bertz CT molecular complexity index is 991. The highest BCUT2D eigenvalue weighted by atomic mass is 19.3. The molecule has 1 unspecified atom stereocenters. The maximum atomic E-state index is 14.1. The fourth-order valence-corrected chi connectivity index (χ4v) is 4.70. The first-order valence-electron chi connectivity index (χ1n) is 10.8. The smallest absolute Gasteiger partial charge is 0.285 e. The van der Waals surface area contributed by atoms with Gasteiger partial charge in [-0.2, -0.15) is 14.0 Å². The molecule has 0 saturated carbocycles. The number of hydrogen-bond acceptors (Lipinski definition) is 3. The van der Waals surface area contributed by atoms with Gasteiger partial charge in [-0.1, -0.05) is 45.0 Å². The summed E-state index contributed by atoms with van der Waals surface area (Å²) in [7, 11) is 0. The maximum Gasteiger partial charge on any atom is 0.285 e. The molecule has 0 amide bonds. The molecule has 0 aliphatic carbocycles. The third-order valence-corrected chi connectivity index (χ3v) is 6.52. The van der Waals surface area contributed by atoms with E-state index in [-0.39, 0.29) is 18.0 Å². The number of halogens is 2. The fourth-order valence-electron chi connectivity index (χ4n) is 4.70. The molecule has 2 heterocycles. The Hall–Kier alpha value is -2.29. The number of nitrogens with one attached hydrogen (secondary N) is 1. The fraction of sp³-hybridized carbons (Fsp3) is 0.480. The number of alkyl halides is 2. The monoisotopic (exact) mass is 409 g/mol. The Morgan fingerprint density at radius 2 is 1.90 bits per heavy atom. The molecule has 0 spiro atoms. The minimum absolute atomic E-state index is 0.156. The summed E-state index contributed by atoms with van der Waals surface area (Å²) >= 11 is 0. The lowest BCUT2D eigenvalue weighted by Crippen LogP contribution is -2.37. The molecule has 30 heavy (non-hydrogen) atoms.